The fourth-order valence-corrected chi connectivity index (χ4v) is 1.36. The van der Waals surface area contributed by atoms with E-state index in [-0.39, 0.29) is 6.09 Å². The maximum Gasteiger partial charge on any atom is 0.407 e. The summed E-state index contributed by atoms with van der Waals surface area (Å²) in [6, 6.07) is 0. The predicted molar refractivity (Wildman–Crippen MR) is 77.1 cm³/mol. The molecule has 1 aromatic rings. The van der Waals surface area contributed by atoms with Gasteiger partial charge < -0.3 is 15.0 Å². The van der Waals surface area contributed by atoms with Gasteiger partial charge in [0, 0.05) is 25.4 Å². The third-order valence-corrected chi connectivity index (χ3v) is 2.06. The van der Waals surface area contributed by atoms with E-state index in [9.17, 15) is 4.79 Å². The highest BCUT2D eigenvalue weighted by Gasteiger charge is 2.15. The van der Waals surface area contributed by atoms with Gasteiger partial charge >= 0.3 is 6.09 Å². The van der Waals surface area contributed by atoms with Crippen LogP contribution >= 0.6 is 0 Å². The van der Waals surface area contributed by atoms with Crippen molar-refractivity contribution < 1.29 is 9.53 Å². The van der Waals surface area contributed by atoms with Gasteiger partial charge in [0.05, 0.1) is 0 Å². The first-order valence-electron chi connectivity index (χ1n) is 6.92. The van der Waals surface area contributed by atoms with E-state index >= 15 is 0 Å². The number of nitrogens with one attached hydrogen (secondary N) is 2. The van der Waals surface area contributed by atoms with Crippen LogP contribution in [-0.2, 0) is 11.2 Å². The number of nitrogens with zero attached hydrogens (tertiary/aromatic N) is 1. The van der Waals surface area contributed by atoms with Gasteiger partial charge in [0.2, 0.25) is 0 Å². The number of aryl methyl sites for hydroxylation is 1. The van der Waals surface area contributed by atoms with Crippen LogP contribution in [0, 0.1) is 0 Å². The lowest BCUT2D eigenvalue weighted by Crippen LogP contribution is -2.33. The van der Waals surface area contributed by atoms with Crippen molar-refractivity contribution in [2.24, 2.45) is 0 Å². The van der Waals surface area contributed by atoms with Gasteiger partial charge in [0.15, 0.2) is 0 Å². The monoisotopic (exact) mass is 269 g/mol. The first-order valence-corrected chi connectivity index (χ1v) is 6.92. The fourth-order valence-electron chi connectivity index (χ4n) is 1.36. The zero-order valence-electron chi connectivity index (χ0n) is 12.7. The summed E-state index contributed by atoms with van der Waals surface area (Å²) in [5.74, 6) is 0.988. The Morgan fingerprint density at radius 2 is 2.05 bits per heavy atom. The van der Waals surface area contributed by atoms with Gasteiger partial charge in [-0.15, -0.1) is 0 Å². The number of imidazole rings is 1. The Kier molecular flexibility index (Phi) is 8.66. The Labute approximate surface area is 116 Å². The summed E-state index contributed by atoms with van der Waals surface area (Å²) >= 11 is 0. The van der Waals surface area contributed by atoms with Crippen LogP contribution in [0.3, 0.4) is 0 Å². The Bertz CT molecular complexity index is 329. The van der Waals surface area contributed by atoms with Crippen LogP contribution in [0.1, 0.15) is 53.3 Å². The number of amides is 1. The van der Waals surface area contributed by atoms with Gasteiger partial charge in [-0.3, -0.25) is 0 Å². The number of unbranched alkanes of at least 4 members (excludes halogenated alkanes) is 1. The van der Waals surface area contributed by atoms with Crippen molar-refractivity contribution in [3.8, 4) is 0 Å². The summed E-state index contributed by atoms with van der Waals surface area (Å²) in [4.78, 5) is 18.5. The topological polar surface area (TPSA) is 67.0 Å². The zero-order valence-corrected chi connectivity index (χ0v) is 12.7. The van der Waals surface area contributed by atoms with Crippen LogP contribution < -0.4 is 5.32 Å². The molecular formula is C14H27N3O2. The van der Waals surface area contributed by atoms with Crippen LogP contribution in [0.5, 0.6) is 0 Å². The van der Waals surface area contributed by atoms with Crippen LogP contribution in [-0.4, -0.2) is 28.2 Å². The van der Waals surface area contributed by atoms with Crippen molar-refractivity contribution in [1.29, 1.82) is 0 Å². The second-order valence-corrected chi connectivity index (χ2v) is 4.92. The number of hydrogen-bond donors (Lipinski definition) is 2. The molecule has 1 aromatic heterocycles. The van der Waals surface area contributed by atoms with E-state index in [1.165, 1.54) is 0 Å². The Balaban J connectivity index is 0.00000154. The zero-order chi connectivity index (χ0) is 14.7. The van der Waals surface area contributed by atoms with E-state index in [1.807, 2.05) is 40.8 Å². The summed E-state index contributed by atoms with van der Waals surface area (Å²) in [6.45, 7) is 10.2. The SMILES string of the molecule is CC.CC(C)(C)OC(=O)NCCCCc1ncc[nH]1. The smallest absolute Gasteiger partial charge is 0.407 e. The van der Waals surface area contributed by atoms with Crippen LogP contribution in [0.25, 0.3) is 0 Å². The minimum Gasteiger partial charge on any atom is -0.444 e. The van der Waals surface area contributed by atoms with E-state index < -0.39 is 5.60 Å². The molecule has 5 heteroatoms. The molecule has 1 heterocycles. The van der Waals surface area contributed by atoms with Crippen molar-refractivity contribution in [3.63, 3.8) is 0 Å². The molecule has 0 radical (unpaired) electrons. The molecule has 0 aliphatic heterocycles. The van der Waals surface area contributed by atoms with Crippen LogP contribution in [0.4, 0.5) is 4.79 Å². The minimum atomic E-state index is -0.432. The second-order valence-electron chi connectivity index (χ2n) is 4.92. The summed E-state index contributed by atoms with van der Waals surface area (Å²) in [7, 11) is 0. The lowest BCUT2D eigenvalue weighted by molar-refractivity contribution is 0.0527. The number of aromatic nitrogens is 2. The molecule has 2 N–H and O–H groups in total. The molecule has 0 aromatic carbocycles. The summed E-state index contributed by atoms with van der Waals surface area (Å²) < 4.78 is 5.12. The van der Waals surface area contributed by atoms with Crippen LogP contribution in [0.2, 0.25) is 0 Å². The number of carbonyl (C=O) groups excluding carboxylic acids is 1. The minimum absolute atomic E-state index is 0.351. The summed E-state index contributed by atoms with van der Waals surface area (Å²) in [6.07, 6.45) is 6.02. The normalized spacial score (nSPS) is 10.4. The van der Waals surface area contributed by atoms with Crippen molar-refractivity contribution in [1.82, 2.24) is 15.3 Å². The average molecular weight is 269 g/mol. The van der Waals surface area contributed by atoms with Gasteiger partial charge in [0.25, 0.3) is 0 Å². The molecule has 1 amide bonds. The molecule has 110 valence electrons. The standard InChI is InChI=1S/C12H21N3O2.C2H6/c1-12(2,3)17-11(16)15-7-5-4-6-10-13-8-9-14-10;1-2/h8-9H,4-7H2,1-3H3,(H,13,14)(H,15,16);1-2H3. The molecule has 0 spiro atoms. The third-order valence-electron chi connectivity index (χ3n) is 2.06. The van der Waals surface area contributed by atoms with Gasteiger partial charge in [-0.05, 0) is 33.6 Å². The van der Waals surface area contributed by atoms with Crippen molar-refractivity contribution in [2.75, 3.05) is 6.54 Å². The lowest BCUT2D eigenvalue weighted by Gasteiger charge is -2.19. The largest absolute Gasteiger partial charge is 0.444 e. The van der Waals surface area contributed by atoms with Crippen molar-refractivity contribution in [3.05, 3.63) is 18.2 Å². The first kappa shape index (κ1) is 17.5. The van der Waals surface area contributed by atoms with E-state index in [1.54, 1.807) is 6.20 Å². The average Bonchev–Trinajstić information content (AvgIpc) is 2.82. The quantitative estimate of drug-likeness (QED) is 0.806. The highest BCUT2D eigenvalue weighted by atomic mass is 16.6. The summed E-state index contributed by atoms with van der Waals surface area (Å²) in [5.41, 5.74) is -0.432. The highest BCUT2D eigenvalue weighted by molar-refractivity contribution is 5.67. The summed E-state index contributed by atoms with van der Waals surface area (Å²) in [5, 5.41) is 2.73. The molecule has 0 atom stereocenters. The molecule has 0 bridgehead atoms. The van der Waals surface area contributed by atoms with Crippen molar-refractivity contribution >= 4 is 6.09 Å². The highest BCUT2D eigenvalue weighted by Crippen LogP contribution is 2.06. The number of hydrogen-bond acceptors (Lipinski definition) is 3. The molecule has 1 rings (SSSR count). The van der Waals surface area contributed by atoms with E-state index in [0.29, 0.717) is 6.54 Å². The maximum absolute atomic E-state index is 11.3. The van der Waals surface area contributed by atoms with Gasteiger partial charge in [0.1, 0.15) is 11.4 Å². The number of carbonyl (C=O) groups is 1. The van der Waals surface area contributed by atoms with E-state index in [2.05, 4.69) is 15.3 Å². The predicted octanol–water partition coefficient (Wildman–Crippen LogP) is 3.28. The number of rotatable bonds is 5. The maximum atomic E-state index is 11.3. The van der Waals surface area contributed by atoms with Gasteiger partial charge in [-0.1, -0.05) is 13.8 Å². The number of alkyl carbamates (subject to hydrolysis) is 1. The Morgan fingerprint density at radius 1 is 1.37 bits per heavy atom. The molecule has 0 unspecified atom stereocenters. The van der Waals surface area contributed by atoms with Gasteiger partial charge in [-0.25, -0.2) is 9.78 Å². The molecule has 0 aliphatic carbocycles. The van der Waals surface area contributed by atoms with Crippen molar-refractivity contribution in [2.45, 2.75) is 59.5 Å². The van der Waals surface area contributed by atoms with Gasteiger partial charge in [-0.2, -0.15) is 0 Å². The Hall–Kier alpha value is -1.52. The number of H-pyrrole nitrogens is 1. The van der Waals surface area contributed by atoms with E-state index in [4.69, 9.17) is 4.74 Å². The first-order chi connectivity index (χ1) is 8.97. The molecule has 0 saturated heterocycles. The number of ether oxygens (including phenoxy) is 1. The molecule has 0 saturated carbocycles. The van der Waals surface area contributed by atoms with E-state index in [0.717, 1.165) is 25.1 Å². The molecular weight excluding hydrogens is 242 g/mol. The molecule has 19 heavy (non-hydrogen) atoms. The Morgan fingerprint density at radius 3 is 2.58 bits per heavy atom. The van der Waals surface area contributed by atoms with Crippen LogP contribution in [0.15, 0.2) is 12.4 Å². The molecule has 0 fully saturated rings. The number of aromatic amines is 1. The second kappa shape index (κ2) is 9.42. The third kappa shape index (κ3) is 10.1. The molecule has 5 nitrogen and oxygen atoms in total. The fraction of sp³-hybridized carbons (Fsp3) is 0.714. The molecule has 0 aliphatic rings. The lowest BCUT2D eigenvalue weighted by atomic mass is 10.2.